The molecule has 0 aliphatic carbocycles. The maximum Gasteiger partial charge on any atom is 0.147 e. The smallest absolute Gasteiger partial charge is 0.147 e. The van der Waals surface area contributed by atoms with Gasteiger partial charge in [0.2, 0.25) is 0 Å². The number of hydrogen-bond acceptors (Lipinski definition) is 5. The number of pyridine rings is 1. The molecule has 7 heteroatoms. The zero-order valence-corrected chi connectivity index (χ0v) is 12.6. The van der Waals surface area contributed by atoms with Gasteiger partial charge >= 0.3 is 0 Å². The second-order valence-electron chi connectivity index (χ2n) is 4.06. The SMILES string of the molecule is CCCNc1nc(NC(CO)COC)c(Cl)cc1Cl. The first-order valence-electron chi connectivity index (χ1n) is 6.08. The molecule has 0 aliphatic rings. The van der Waals surface area contributed by atoms with Gasteiger partial charge in [-0.2, -0.15) is 0 Å². The van der Waals surface area contributed by atoms with Gasteiger partial charge < -0.3 is 20.5 Å². The van der Waals surface area contributed by atoms with Crippen molar-refractivity contribution >= 4 is 34.8 Å². The summed E-state index contributed by atoms with van der Waals surface area (Å²) in [7, 11) is 1.56. The normalized spacial score (nSPS) is 12.3. The molecular weight excluding hydrogens is 289 g/mol. The molecule has 0 saturated heterocycles. The van der Waals surface area contributed by atoms with Crippen molar-refractivity contribution in [2.75, 3.05) is 37.5 Å². The van der Waals surface area contributed by atoms with Crippen LogP contribution in [-0.4, -0.2) is 43.0 Å². The second kappa shape index (κ2) is 8.43. The lowest BCUT2D eigenvalue weighted by Gasteiger charge is -2.18. The Labute approximate surface area is 123 Å². The van der Waals surface area contributed by atoms with Crippen molar-refractivity contribution in [1.29, 1.82) is 0 Å². The van der Waals surface area contributed by atoms with Crippen LogP contribution >= 0.6 is 23.2 Å². The van der Waals surface area contributed by atoms with Crippen LogP contribution in [0.3, 0.4) is 0 Å². The van der Waals surface area contributed by atoms with Crippen LogP contribution in [0, 0.1) is 0 Å². The summed E-state index contributed by atoms with van der Waals surface area (Å²) in [5, 5.41) is 16.2. The molecule has 1 rings (SSSR count). The van der Waals surface area contributed by atoms with Gasteiger partial charge in [-0.25, -0.2) is 4.98 Å². The van der Waals surface area contributed by atoms with Crippen molar-refractivity contribution in [3.8, 4) is 0 Å². The summed E-state index contributed by atoms with van der Waals surface area (Å²) in [5.74, 6) is 1.05. The van der Waals surface area contributed by atoms with E-state index in [9.17, 15) is 5.11 Å². The molecule has 1 aromatic heterocycles. The Morgan fingerprint density at radius 2 is 2.05 bits per heavy atom. The summed E-state index contributed by atoms with van der Waals surface area (Å²) in [6.07, 6.45) is 0.965. The number of nitrogens with one attached hydrogen (secondary N) is 2. The summed E-state index contributed by atoms with van der Waals surface area (Å²) in [6.45, 7) is 3.10. The highest BCUT2D eigenvalue weighted by Crippen LogP contribution is 2.29. The average Bonchev–Trinajstić information content (AvgIpc) is 2.39. The number of nitrogens with zero attached hydrogens (tertiary/aromatic N) is 1. The third kappa shape index (κ3) is 5.03. The highest BCUT2D eigenvalue weighted by atomic mass is 35.5. The molecule has 19 heavy (non-hydrogen) atoms. The van der Waals surface area contributed by atoms with Gasteiger partial charge in [-0.3, -0.25) is 0 Å². The van der Waals surface area contributed by atoms with Gasteiger partial charge in [0.25, 0.3) is 0 Å². The van der Waals surface area contributed by atoms with Gasteiger partial charge in [0.05, 0.1) is 29.3 Å². The highest BCUT2D eigenvalue weighted by molar-refractivity contribution is 6.37. The number of anilines is 2. The molecule has 0 aromatic carbocycles. The Balaban J connectivity index is 2.86. The number of aliphatic hydroxyl groups excluding tert-OH is 1. The Morgan fingerprint density at radius 3 is 2.63 bits per heavy atom. The lowest BCUT2D eigenvalue weighted by molar-refractivity contribution is 0.153. The van der Waals surface area contributed by atoms with Gasteiger partial charge in [-0.15, -0.1) is 0 Å². The van der Waals surface area contributed by atoms with Crippen LogP contribution in [0.15, 0.2) is 6.07 Å². The minimum absolute atomic E-state index is 0.0772. The van der Waals surface area contributed by atoms with Crippen LogP contribution in [0.1, 0.15) is 13.3 Å². The Morgan fingerprint density at radius 1 is 1.37 bits per heavy atom. The first-order chi connectivity index (χ1) is 9.12. The van der Waals surface area contributed by atoms with E-state index < -0.39 is 0 Å². The quantitative estimate of drug-likeness (QED) is 0.689. The van der Waals surface area contributed by atoms with Crippen LogP contribution in [0.5, 0.6) is 0 Å². The van der Waals surface area contributed by atoms with Crippen molar-refractivity contribution in [3.63, 3.8) is 0 Å². The maximum atomic E-state index is 9.22. The molecule has 1 heterocycles. The molecule has 1 atom stereocenters. The average molecular weight is 308 g/mol. The van der Waals surface area contributed by atoms with Crippen molar-refractivity contribution < 1.29 is 9.84 Å². The molecule has 0 radical (unpaired) electrons. The summed E-state index contributed by atoms with van der Waals surface area (Å²) < 4.78 is 4.99. The number of ether oxygens (including phenoxy) is 1. The van der Waals surface area contributed by atoms with Gasteiger partial charge in [0.1, 0.15) is 11.6 Å². The number of halogens is 2. The van der Waals surface area contributed by atoms with Gasteiger partial charge in [0.15, 0.2) is 0 Å². The number of methoxy groups -OCH3 is 1. The molecule has 5 nitrogen and oxygen atoms in total. The monoisotopic (exact) mass is 307 g/mol. The fourth-order valence-electron chi connectivity index (χ4n) is 1.47. The van der Waals surface area contributed by atoms with E-state index in [1.807, 2.05) is 0 Å². The molecular formula is C12H19Cl2N3O2. The Bertz CT molecular complexity index is 405. The number of aliphatic hydroxyl groups is 1. The van der Waals surface area contributed by atoms with Gasteiger partial charge in [-0.05, 0) is 12.5 Å². The number of aromatic nitrogens is 1. The molecule has 0 amide bonds. The first-order valence-corrected chi connectivity index (χ1v) is 6.84. The van der Waals surface area contributed by atoms with E-state index in [0.717, 1.165) is 13.0 Å². The van der Waals surface area contributed by atoms with Crippen molar-refractivity contribution in [2.24, 2.45) is 0 Å². The standard InChI is InChI=1S/C12H19Cl2N3O2/c1-3-4-15-11-9(13)5-10(14)12(17-11)16-8(6-18)7-19-2/h5,8,18H,3-4,6-7H2,1-2H3,(H2,15,16,17). The van der Waals surface area contributed by atoms with E-state index >= 15 is 0 Å². The highest BCUT2D eigenvalue weighted by Gasteiger charge is 2.13. The molecule has 0 bridgehead atoms. The summed E-state index contributed by atoms with van der Waals surface area (Å²) in [6, 6.07) is 1.35. The molecule has 0 fully saturated rings. The fraction of sp³-hybridized carbons (Fsp3) is 0.583. The van der Waals surface area contributed by atoms with Crippen LogP contribution in [-0.2, 0) is 4.74 Å². The first kappa shape index (κ1) is 16.3. The molecule has 3 N–H and O–H groups in total. The topological polar surface area (TPSA) is 66.4 Å². The van der Waals surface area contributed by atoms with Crippen LogP contribution in [0.25, 0.3) is 0 Å². The van der Waals surface area contributed by atoms with E-state index in [0.29, 0.717) is 28.3 Å². The van der Waals surface area contributed by atoms with Crippen LogP contribution in [0.2, 0.25) is 10.0 Å². The van der Waals surface area contributed by atoms with Crippen molar-refractivity contribution in [3.05, 3.63) is 16.1 Å². The van der Waals surface area contributed by atoms with E-state index in [1.165, 1.54) is 0 Å². The molecule has 1 unspecified atom stereocenters. The minimum atomic E-state index is -0.268. The van der Waals surface area contributed by atoms with Crippen LogP contribution in [0.4, 0.5) is 11.6 Å². The molecule has 0 spiro atoms. The predicted octanol–water partition coefficient (Wildman–Crippen LogP) is 2.63. The number of hydrogen-bond donors (Lipinski definition) is 3. The number of rotatable bonds is 8. The fourth-order valence-corrected chi connectivity index (χ4v) is 1.95. The largest absolute Gasteiger partial charge is 0.394 e. The van der Waals surface area contributed by atoms with E-state index in [1.54, 1.807) is 13.2 Å². The second-order valence-corrected chi connectivity index (χ2v) is 4.87. The third-order valence-corrected chi connectivity index (χ3v) is 2.98. The zero-order valence-electron chi connectivity index (χ0n) is 11.0. The summed E-state index contributed by atoms with van der Waals surface area (Å²) >= 11 is 12.1. The molecule has 0 aliphatic heterocycles. The van der Waals surface area contributed by atoms with Gasteiger partial charge in [-0.1, -0.05) is 30.1 Å². The van der Waals surface area contributed by atoms with E-state index in [2.05, 4.69) is 22.5 Å². The van der Waals surface area contributed by atoms with E-state index in [-0.39, 0.29) is 12.6 Å². The zero-order chi connectivity index (χ0) is 14.3. The molecule has 108 valence electrons. The van der Waals surface area contributed by atoms with Crippen LogP contribution < -0.4 is 10.6 Å². The lowest BCUT2D eigenvalue weighted by Crippen LogP contribution is -2.29. The minimum Gasteiger partial charge on any atom is -0.394 e. The van der Waals surface area contributed by atoms with Crippen molar-refractivity contribution in [2.45, 2.75) is 19.4 Å². The maximum absolute atomic E-state index is 9.22. The molecule has 0 saturated carbocycles. The molecule has 1 aromatic rings. The summed E-state index contributed by atoms with van der Waals surface area (Å²) in [5.41, 5.74) is 0. The Hall–Kier alpha value is -0.750. The summed E-state index contributed by atoms with van der Waals surface area (Å²) in [4.78, 5) is 4.33. The third-order valence-electron chi connectivity index (χ3n) is 2.40. The van der Waals surface area contributed by atoms with Crippen molar-refractivity contribution in [1.82, 2.24) is 4.98 Å². The van der Waals surface area contributed by atoms with E-state index in [4.69, 9.17) is 27.9 Å². The predicted molar refractivity (Wildman–Crippen MR) is 79.4 cm³/mol. The van der Waals surface area contributed by atoms with Gasteiger partial charge in [0, 0.05) is 13.7 Å². The Kier molecular flexibility index (Phi) is 7.23. The lowest BCUT2D eigenvalue weighted by atomic mass is 10.3.